The summed E-state index contributed by atoms with van der Waals surface area (Å²) in [6.07, 6.45) is 0.854. The van der Waals surface area contributed by atoms with Gasteiger partial charge < -0.3 is 0 Å². The summed E-state index contributed by atoms with van der Waals surface area (Å²) in [5.74, 6) is 0. The smallest absolute Gasteiger partial charge is 0.290 e. The minimum Gasteiger partial charge on any atom is -0.290 e. The molecule has 0 bridgehead atoms. The lowest BCUT2D eigenvalue weighted by molar-refractivity contribution is 0.591. The van der Waals surface area contributed by atoms with Crippen LogP contribution in [0.4, 0.5) is 0 Å². The lowest BCUT2D eigenvalue weighted by Gasteiger charge is -1.96. The number of rotatable bonds is 2. The second-order valence-electron chi connectivity index (χ2n) is 2.92. The second-order valence-corrected chi connectivity index (χ2v) is 2.92. The van der Waals surface area contributed by atoms with Gasteiger partial charge in [0.1, 0.15) is 0 Å². The van der Waals surface area contributed by atoms with E-state index in [2.05, 4.69) is 20.3 Å². The largest absolute Gasteiger partial charge is 0.327 e. The molecule has 0 aliphatic carbocycles. The Labute approximate surface area is 77.8 Å². The predicted molar refractivity (Wildman–Crippen MR) is 49.1 cm³/mol. The van der Waals surface area contributed by atoms with E-state index in [4.69, 9.17) is 0 Å². The third-order valence-electron chi connectivity index (χ3n) is 1.84. The van der Waals surface area contributed by atoms with Crippen molar-refractivity contribution < 1.29 is 0 Å². The average Bonchev–Trinajstić information content (AvgIpc) is 2.49. The van der Waals surface area contributed by atoms with Crippen LogP contribution in [0.3, 0.4) is 0 Å². The van der Waals surface area contributed by atoms with E-state index < -0.39 is 11.2 Å². The minimum absolute atomic E-state index is 0.165. The lowest BCUT2D eigenvalue weighted by Crippen LogP contribution is -2.22. The first-order chi connectivity index (χ1) is 6.72. The van der Waals surface area contributed by atoms with Crippen molar-refractivity contribution in [3.05, 3.63) is 20.8 Å². The third-order valence-corrected chi connectivity index (χ3v) is 1.84. The van der Waals surface area contributed by atoms with Gasteiger partial charge in [-0.05, 0) is 6.42 Å². The van der Waals surface area contributed by atoms with E-state index in [1.807, 2.05) is 6.92 Å². The van der Waals surface area contributed by atoms with Crippen molar-refractivity contribution in [3.63, 3.8) is 0 Å². The van der Waals surface area contributed by atoms with E-state index in [0.717, 1.165) is 6.42 Å². The molecule has 7 heteroatoms. The monoisotopic (exact) mass is 195 g/mol. The SMILES string of the molecule is CCCn1nnc2c(=O)[nH]c(=O)[nH]c21. The van der Waals surface area contributed by atoms with E-state index in [1.54, 1.807) is 0 Å². The Morgan fingerprint density at radius 2 is 2.14 bits per heavy atom. The van der Waals surface area contributed by atoms with E-state index in [0.29, 0.717) is 12.2 Å². The molecule has 2 rings (SSSR count). The number of aromatic nitrogens is 5. The number of nitrogens with zero attached hydrogens (tertiary/aromatic N) is 3. The number of H-pyrrole nitrogens is 2. The van der Waals surface area contributed by atoms with Crippen molar-refractivity contribution in [1.82, 2.24) is 25.0 Å². The molecule has 0 unspecified atom stereocenters. The van der Waals surface area contributed by atoms with Crippen molar-refractivity contribution in [2.24, 2.45) is 0 Å². The third kappa shape index (κ3) is 1.22. The molecule has 0 amide bonds. The molecule has 0 aliphatic heterocycles. The normalized spacial score (nSPS) is 10.9. The van der Waals surface area contributed by atoms with E-state index >= 15 is 0 Å². The Morgan fingerprint density at radius 3 is 2.86 bits per heavy atom. The van der Waals surface area contributed by atoms with Crippen LogP contribution in [0.1, 0.15) is 13.3 Å². The molecule has 0 spiro atoms. The average molecular weight is 195 g/mol. The van der Waals surface area contributed by atoms with E-state index in [-0.39, 0.29) is 5.52 Å². The summed E-state index contributed by atoms with van der Waals surface area (Å²) in [5, 5.41) is 7.44. The quantitative estimate of drug-likeness (QED) is 0.656. The fraction of sp³-hybridized carbons (Fsp3) is 0.429. The van der Waals surface area contributed by atoms with Gasteiger partial charge in [-0.3, -0.25) is 14.8 Å². The summed E-state index contributed by atoms with van der Waals surface area (Å²) < 4.78 is 1.51. The zero-order valence-electron chi connectivity index (χ0n) is 7.57. The van der Waals surface area contributed by atoms with Crippen LogP contribution in [0, 0.1) is 0 Å². The van der Waals surface area contributed by atoms with Crippen LogP contribution in [0.5, 0.6) is 0 Å². The van der Waals surface area contributed by atoms with Crippen LogP contribution in [-0.2, 0) is 6.54 Å². The van der Waals surface area contributed by atoms with Crippen LogP contribution in [-0.4, -0.2) is 25.0 Å². The van der Waals surface area contributed by atoms with Crippen molar-refractivity contribution in [2.75, 3.05) is 0 Å². The van der Waals surface area contributed by atoms with Crippen LogP contribution in [0.25, 0.3) is 11.2 Å². The summed E-state index contributed by atoms with van der Waals surface area (Å²) in [7, 11) is 0. The first-order valence-electron chi connectivity index (χ1n) is 4.28. The van der Waals surface area contributed by atoms with Gasteiger partial charge in [0.25, 0.3) is 5.56 Å². The highest BCUT2D eigenvalue weighted by Gasteiger charge is 2.08. The Kier molecular flexibility index (Phi) is 1.91. The lowest BCUT2D eigenvalue weighted by atomic mass is 10.5. The summed E-state index contributed by atoms with van der Waals surface area (Å²) in [4.78, 5) is 26.8. The zero-order valence-corrected chi connectivity index (χ0v) is 7.57. The predicted octanol–water partition coefficient (Wildman–Crippen LogP) is -0.782. The fourth-order valence-corrected chi connectivity index (χ4v) is 1.26. The molecule has 0 aliphatic rings. The summed E-state index contributed by atoms with van der Waals surface area (Å²) in [6.45, 7) is 2.59. The number of aryl methyl sites for hydroxylation is 1. The van der Waals surface area contributed by atoms with Crippen LogP contribution in [0.2, 0.25) is 0 Å². The Bertz CT molecular complexity index is 563. The van der Waals surface area contributed by atoms with Crippen molar-refractivity contribution in [2.45, 2.75) is 19.9 Å². The second kappa shape index (κ2) is 3.09. The molecule has 0 aromatic carbocycles. The zero-order chi connectivity index (χ0) is 10.1. The summed E-state index contributed by atoms with van der Waals surface area (Å²) in [5.41, 5.74) is -0.507. The highest BCUT2D eigenvalue weighted by Crippen LogP contribution is 1.99. The molecular weight excluding hydrogens is 186 g/mol. The number of hydrogen-bond donors (Lipinski definition) is 2. The molecule has 0 fully saturated rings. The molecule has 2 aromatic heterocycles. The fourth-order valence-electron chi connectivity index (χ4n) is 1.26. The molecule has 0 atom stereocenters. The van der Waals surface area contributed by atoms with E-state index in [1.165, 1.54) is 4.68 Å². The number of nitrogens with one attached hydrogen (secondary N) is 2. The van der Waals surface area contributed by atoms with Crippen LogP contribution in [0.15, 0.2) is 9.59 Å². The van der Waals surface area contributed by atoms with Crippen molar-refractivity contribution in [3.8, 4) is 0 Å². The maximum absolute atomic E-state index is 11.2. The summed E-state index contributed by atoms with van der Waals surface area (Å²) >= 11 is 0. The van der Waals surface area contributed by atoms with E-state index in [9.17, 15) is 9.59 Å². The Hall–Kier alpha value is -1.92. The highest BCUT2D eigenvalue weighted by atomic mass is 16.2. The van der Waals surface area contributed by atoms with Gasteiger partial charge in [-0.1, -0.05) is 12.1 Å². The Balaban J connectivity index is 2.79. The molecule has 7 nitrogen and oxygen atoms in total. The van der Waals surface area contributed by atoms with Gasteiger partial charge in [-0.2, -0.15) is 0 Å². The van der Waals surface area contributed by atoms with Gasteiger partial charge in [0, 0.05) is 6.54 Å². The maximum Gasteiger partial charge on any atom is 0.327 e. The first-order valence-corrected chi connectivity index (χ1v) is 4.28. The molecular formula is C7H9N5O2. The summed E-state index contributed by atoms with van der Waals surface area (Å²) in [6, 6.07) is 0. The molecule has 2 heterocycles. The number of hydrogen-bond acceptors (Lipinski definition) is 4. The molecule has 2 N–H and O–H groups in total. The van der Waals surface area contributed by atoms with Crippen LogP contribution >= 0.6 is 0 Å². The molecule has 74 valence electrons. The Morgan fingerprint density at radius 1 is 1.36 bits per heavy atom. The van der Waals surface area contributed by atoms with Crippen molar-refractivity contribution >= 4 is 11.2 Å². The minimum atomic E-state index is -0.540. The van der Waals surface area contributed by atoms with Gasteiger partial charge in [-0.25, -0.2) is 9.48 Å². The topological polar surface area (TPSA) is 96.4 Å². The van der Waals surface area contributed by atoms with Gasteiger partial charge in [0.15, 0.2) is 11.2 Å². The van der Waals surface area contributed by atoms with Crippen LogP contribution < -0.4 is 11.2 Å². The van der Waals surface area contributed by atoms with Gasteiger partial charge in [0.2, 0.25) is 0 Å². The molecule has 0 saturated carbocycles. The molecule has 14 heavy (non-hydrogen) atoms. The standard InChI is InChI=1S/C7H9N5O2/c1-2-3-12-5-4(10-11-12)6(13)9-7(14)8-5/h2-3H2,1H3,(H2,8,9,13,14). The first kappa shape index (κ1) is 8.67. The van der Waals surface area contributed by atoms with Gasteiger partial charge >= 0.3 is 5.69 Å². The molecule has 2 aromatic rings. The number of fused-ring (bicyclic) bond motifs is 1. The molecule has 0 radical (unpaired) electrons. The van der Waals surface area contributed by atoms with Crippen molar-refractivity contribution in [1.29, 1.82) is 0 Å². The van der Waals surface area contributed by atoms with Gasteiger partial charge in [-0.15, -0.1) is 5.10 Å². The number of aromatic amines is 2. The highest BCUT2D eigenvalue weighted by molar-refractivity contribution is 5.67. The molecule has 0 saturated heterocycles. The van der Waals surface area contributed by atoms with Gasteiger partial charge in [0.05, 0.1) is 0 Å². The maximum atomic E-state index is 11.2.